The Morgan fingerprint density at radius 2 is 1.97 bits per heavy atom. The smallest absolute Gasteiger partial charge is 0.265 e. The number of likely N-dealkylation sites (tertiary alicyclic amines) is 1. The van der Waals surface area contributed by atoms with Gasteiger partial charge in [-0.1, -0.05) is 0 Å². The molecule has 2 aliphatic heterocycles. The first-order valence-electron chi connectivity index (χ1n) is 10.7. The number of carbonyl (C=O) groups excluding carboxylic acids is 1. The summed E-state index contributed by atoms with van der Waals surface area (Å²) in [7, 11) is 0. The molecule has 0 N–H and O–H groups in total. The molecule has 9 heteroatoms. The summed E-state index contributed by atoms with van der Waals surface area (Å²) in [5.41, 5.74) is 0.316. The summed E-state index contributed by atoms with van der Waals surface area (Å²) < 4.78 is 27.3. The van der Waals surface area contributed by atoms with Crippen LogP contribution in [0.4, 0.5) is 4.39 Å². The topological polar surface area (TPSA) is 60.8 Å². The summed E-state index contributed by atoms with van der Waals surface area (Å²) >= 11 is 4.83. The van der Waals surface area contributed by atoms with Crippen LogP contribution in [0.1, 0.15) is 35.4 Å². The van der Waals surface area contributed by atoms with Crippen molar-refractivity contribution in [3.63, 3.8) is 0 Å². The number of ether oxygens (including phenoxy) is 2. The van der Waals surface area contributed by atoms with Crippen LogP contribution in [-0.4, -0.2) is 47.5 Å². The number of carbonyl (C=O) groups is 1. The van der Waals surface area contributed by atoms with Crippen LogP contribution >= 0.6 is 27.3 Å². The Balaban J connectivity index is 1.41. The molecular formula is C23H22BrFN2O4S. The molecule has 5 rings (SSSR count). The number of pyridine rings is 1. The van der Waals surface area contributed by atoms with Gasteiger partial charge in [-0.3, -0.25) is 14.2 Å². The van der Waals surface area contributed by atoms with E-state index in [1.165, 1.54) is 34.1 Å². The van der Waals surface area contributed by atoms with Gasteiger partial charge in [-0.05, 0) is 71.9 Å². The number of hydrogen-bond donors (Lipinski definition) is 0. The van der Waals surface area contributed by atoms with Crippen LogP contribution in [0.5, 0.6) is 0 Å². The summed E-state index contributed by atoms with van der Waals surface area (Å²) in [6, 6.07) is 8.92. The zero-order valence-corrected chi connectivity index (χ0v) is 19.7. The Hall–Kier alpha value is -2.07. The normalized spacial score (nSPS) is 21.4. The van der Waals surface area contributed by atoms with Crippen LogP contribution in [0.15, 0.2) is 45.7 Å². The van der Waals surface area contributed by atoms with Crippen molar-refractivity contribution in [3.8, 4) is 5.69 Å². The van der Waals surface area contributed by atoms with E-state index in [2.05, 4.69) is 15.9 Å². The molecule has 2 aromatic heterocycles. The van der Waals surface area contributed by atoms with Crippen LogP contribution in [0, 0.1) is 5.82 Å². The second-order valence-electron chi connectivity index (χ2n) is 8.04. The highest BCUT2D eigenvalue weighted by molar-refractivity contribution is 9.10. The SMILES string of the molecule is O=C(c1sc2c(ccc(=O)n2-c2ccc(F)cc2)c1Br)N1CC[C@@H](OC2CCCCO2)C1. The maximum atomic E-state index is 13.4. The average molecular weight is 521 g/mol. The molecule has 168 valence electrons. The molecule has 0 aliphatic carbocycles. The Morgan fingerprint density at radius 3 is 2.72 bits per heavy atom. The average Bonchev–Trinajstić information content (AvgIpc) is 3.39. The van der Waals surface area contributed by atoms with Gasteiger partial charge < -0.3 is 14.4 Å². The molecule has 2 fully saturated rings. The summed E-state index contributed by atoms with van der Waals surface area (Å²) in [5.74, 6) is -0.464. The van der Waals surface area contributed by atoms with Crippen molar-refractivity contribution in [2.24, 2.45) is 0 Å². The third-order valence-corrected chi connectivity index (χ3v) is 8.14. The minimum atomic E-state index is -0.373. The van der Waals surface area contributed by atoms with Gasteiger partial charge in [-0.2, -0.15) is 0 Å². The van der Waals surface area contributed by atoms with Gasteiger partial charge in [0.1, 0.15) is 15.5 Å². The van der Waals surface area contributed by atoms with Crippen molar-refractivity contribution in [1.29, 1.82) is 0 Å². The first-order valence-corrected chi connectivity index (χ1v) is 12.3. The fraction of sp³-hybridized carbons (Fsp3) is 0.391. The summed E-state index contributed by atoms with van der Waals surface area (Å²) in [5, 5.41) is 0.768. The lowest BCUT2D eigenvalue weighted by Gasteiger charge is -2.26. The molecule has 0 saturated carbocycles. The molecule has 0 spiro atoms. The number of benzene rings is 1. The third-order valence-electron chi connectivity index (χ3n) is 5.87. The zero-order valence-electron chi connectivity index (χ0n) is 17.3. The van der Waals surface area contributed by atoms with E-state index in [0.29, 0.717) is 33.0 Å². The minimum Gasteiger partial charge on any atom is -0.353 e. The first kappa shape index (κ1) is 21.8. The number of nitrogens with zero attached hydrogens (tertiary/aromatic N) is 2. The standard InChI is InChI=1S/C23H22BrFN2O4S/c24-20-17-8-9-18(28)27(15-6-4-14(25)5-7-15)23(17)32-21(20)22(29)26-11-10-16(13-26)31-19-3-1-2-12-30-19/h4-9,16,19H,1-3,10-13H2/t16-,19?/m1/s1. The van der Waals surface area contributed by atoms with E-state index in [0.717, 1.165) is 37.7 Å². The van der Waals surface area contributed by atoms with Crippen LogP contribution in [0.25, 0.3) is 15.9 Å². The number of thiophene rings is 1. The maximum Gasteiger partial charge on any atom is 0.265 e. The highest BCUT2D eigenvalue weighted by Crippen LogP contribution is 2.37. The van der Waals surface area contributed by atoms with E-state index < -0.39 is 0 Å². The van der Waals surface area contributed by atoms with Crippen molar-refractivity contribution < 1.29 is 18.7 Å². The minimum absolute atomic E-state index is 0.0346. The molecule has 32 heavy (non-hydrogen) atoms. The van der Waals surface area contributed by atoms with Crippen LogP contribution < -0.4 is 5.56 Å². The predicted molar refractivity (Wildman–Crippen MR) is 124 cm³/mol. The zero-order chi connectivity index (χ0) is 22.2. The Labute approximate surface area is 196 Å². The first-order chi connectivity index (χ1) is 15.5. The second kappa shape index (κ2) is 9.05. The van der Waals surface area contributed by atoms with Crippen LogP contribution in [0.2, 0.25) is 0 Å². The summed E-state index contributed by atoms with van der Waals surface area (Å²) in [4.78, 5) is 28.9. The molecule has 3 aromatic rings. The molecule has 0 bridgehead atoms. The summed E-state index contributed by atoms with van der Waals surface area (Å²) in [6.07, 6.45) is 3.63. The molecule has 4 heterocycles. The van der Waals surface area contributed by atoms with E-state index in [1.54, 1.807) is 23.1 Å². The van der Waals surface area contributed by atoms with Crippen molar-refractivity contribution >= 4 is 43.4 Å². The molecule has 6 nitrogen and oxygen atoms in total. The predicted octanol–water partition coefficient (Wildman–Crippen LogP) is 4.71. The van der Waals surface area contributed by atoms with Gasteiger partial charge in [0.2, 0.25) is 0 Å². The van der Waals surface area contributed by atoms with Gasteiger partial charge in [-0.25, -0.2) is 4.39 Å². The lowest BCUT2D eigenvalue weighted by atomic mass is 10.2. The van der Waals surface area contributed by atoms with E-state index in [1.807, 2.05) is 0 Å². The quantitative estimate of drug-likeness (QED) is 0.499. The van der Waals surface area contributed by atoms with Crippen molar-refractivity contribution in [1.82, 2.24) is 9.47 Å². The van der Waals surface area contributed by atoms with E-state index in [9.17, 15) is 14.0 Å². The largest absolute Gasteiger partial charge is 0.353 e. The van der Waals surface area contributed by atoms with Gasteiger partial charge in [0, 0.05) is 31.1 Å². The molecule has 2 atom stereocenters. The van der Waals surface area contributed by atoms with Crippen molar-refractivity contribution in [2.75, 3.05) is 19.7 Å². The van der Waals surface area contributed by atoms with Crippen molar-refractivity contribution in [3.05, 3.63) is 61.9 Å². The molecule has 1 amide bonds. The number of hydrogen-bond acceptors (Lipinski definition) is 5. The van der Waals surface area contributed by atoms with E-state index >= 15 is 0 Å². The van der Waals surface area contributed by atoms with E-state index in [-0.39, 0.29) is 29.7 Å². The van der Waals surface area contributed by atoms with Gasteiger partial charge in [-0.15, -0.1) is 11.3 Å². The van der Waals surface area contributed by atoms with Crippen molar-refractivity contribution in [2.45, 2.75) is 38.1 Å². The van der Waals surface area contributed by atoms with Crippen LogP contribution in [0.3, 0.4) is 0 Å². The van der Waals surface area contributed by atoms with E-state index in [4.69, 9.17) is 9.47 Å². The van der Waals surface area contributed by atoms with Gasteiger partial charge in [0.05, 0.1) is 16.3 Å². The number of fused-ring (bicyclic) bond motifs is 1. The molecule has 2 aliphatic rings. The second-order valence-corrected chi connectivity index (χ2v) is 9.83. The highest BCUT2D eigenvalue weighted by atomic mass is 79.9. The number of rotatable bonds is 4. The Bertz CT molecular complexity index is 1200. The van der Waals surface area contributed by atoms with Gasteiger partial charge in [0.25, 0.3) is 11.5 Å². The highest BCUT2D eigenvalue weighted by Gasteiger charge is 2.32. The fourth-order valence-corrected chi connectivity index (χ4v) is 6.26. The Morgan fingerprint density at radius 1 is 1.16 bits per heavy atom. The molecule has 1 aromatic carbocycles. The van der Waals surface area contributed by atoms with Crippen LogP contribution in [-0.2, 0) is 9.47 Å². The Kier molecular flexibility index (Phi) is 6.16. The van der Waals surface area contributed by atoms with Gasteiger partial charge >= 0.3 is 0 Å². The lowest BCUT2D eigenvalue weighted by molar-refractivity contribution is -0.184. The number of amides is 1. The third kappa shape index (κ3) is 4.14. The fourth-order valence-electron chi connectivity index (χ4n) is 4.23. The van der Waals surface area contributed by atoms with Gasteiger partial charge in [0.15, 0.2) is 6.29 Å². The molecule has 2 saturated heterocycles. The monoisotopic (exact) mass is 520 g/mol. The molecule has 0 radical (unpaired) electrons. The summed E-state index contributed by atoms with van der Waals surface area (Å²) in [6.45, 7) is 1.86. The maximum absolute atomic E-state index is 13.4. The lowest BCUT2D eigenvalue weighted by Crippen LogP contribution is -2.32. The number of aromatic nitrogens is 1. The number of halogens is 2. The molecular weight excluding hydrogens is 499 g/mol. The molecule has 1 unspecified atom stereocenters.